The maximum absolute atomic E-state index is 14.1. The van der Waals surface area contributed by atoms with E-state index >= 15 is 0 Å². The Hall–Kier alpha value is -3.14. The van der Waals surface area contributed by atoms with Gasteiger partial charge in [0.25, 0.3) is 0 Å². The lowest BCUT2D eigenvalue weighted by molar-refractivity contribution is -0.274. The molecule has 37 heavy (non-hydrogen) atoms. The smallest absolute Gasteiger partial charge is 0.406 e. The van der Waals surface area contributed by atoms with Crippen molar-refractivity contribution in [3.8, 4) is 5.75 Å². The molecule has 5 rings (SSSR count). The van der Waals surface area contributed by atoms with Gasteiger partial charge in [0.05, 0.1) is 0 Å². The first-order valence-corrected chi connectivity index (χ1v) is 12.7. The minimum Gasteiger partial charge on any atom is -0.406 e. The fourth-order valence-electron chi connectivity index (χ4n) is 5.76. The second-order valence-corrected chi connectivity index (χ2v) is 10.0. The SMILES string of the molecule is O=C1N=C(NC2CCCCC2)C2(CCN(Cc3cccc(OC(F)(F)F)c3)CC2)N1c1cccc(F)c1. The van der Waals surface area contributed by atoms with Crippen molar-refractivity contribution in [1.82, 2.24) is 10.2 Å². The quantitative estimate of drug-likeness (QED) is 0.492. The van der Waals surface area contributed by atoms with E-state index in [0.29, 0.717) is 49.6 Å². The average molecular weight is 519 g/mol. The van der Waals surface area contributed by atoms with Crippen LogP contribution in [0.1, 0.15) is 50.5 Å². The summed E-state index contributed by atoms with van der Waals surface area (Å²) >= 11 is 0. The van der Waals surface area contributed by atoms with E-state index in [4.69, 9.17) is 0 Å². The highest BCUT2D eigenvalue weighted by atomic mass is 19.4. The maximum atomic E-state index is 14.1. The number of anilines is 1. The van der Waals surface area contributed by atoms with Crippen LogP contribution in [-0.4, -0.2) is 47.8 Å². The van der Waals surface area contributed by atoms with Crippen molar-refractivity contribution in [2.24, 2.45) is 4.99 Å². The minimum absolute atomic E-state index is 0.247. The van der Waals surface area contributed by atoms with E-state index in [2.05, 4.69) is 19.9 Å². The van der Waals surface area contributed by atoms with Gasteiger partial charge in [0.2, 0.25) is 0 Å². The normalized spacial score (nSPS) is 20.8. The van der Waals surface area contributed by atoms with Crippen LogP contribution in [0.15, 0.2) is 53.5 Å². The Bertz CT molecular complexity index is 1160. The minimum atomic E-state index is -4.74. The molecule has 6 nitrogen and oxygen atoms in total. The van der Waals surface area contributed by atoms with E-state index in [1.165, 1.54) is 30.7 Å². The van der Waals surface area contributed by atoms with Gasteiger partial charge in [-0.2, -0.15) is 4.99 Å². The molecule has 0 aromatic heterocycles. The van der Waals surface area contributed by atoms with Gasteiger partial charge in [0.1, 0.15) is 22.9 Å². The van der Waals surface area contributed by atoms with E-state index in [-0.39, 0.29) is 11.8 Å². The number of urea groups is 1. The van der Waals surface area contributed by atoms with Crippen LogP contribution in [0.3, 0.4) is 0 Å². The molecule has 3 aliphatic rings. The Balaban J connectivity index is 1.35. The second-order valence-electron chi connectivity index (χ2n) is 10.0. The van der Waals surface area contributed by atoms with Gasteiger partial charge in [0, 0.05) is 31.4 Å². The number of hydrogen-bond acceptors (Lipinski definition) is 4. The average Bonchev–Trinajstić information content (AvgIpc) is 3.10. The van der Waals surface area contributed by atoms with E-state index in [9.17, 15) is 22.4 Å². The molecule has 0 bridgehead atoms. The van der Waals surface area contributed by atoms with Gasteiger partial charge < -0.3 is 10.1 Å². The summed E-state index contributed by atoms with van der Waals surface area (Å²) in [6.07, 6.45) is 1.88. The van der Waals surface area contributed by atoms with Crippen LogP contribution in [0.4, 0.5) is 28.0 Å². The summed E-state index contributed by atoms with van der Waals surface area (Å²) in [7, 11) is 0. The number of likely N-dealkylation sites (tertiary alicyclic amines) is 1. The summed E-state index contributed by atoms with van der Waals surface area (Å²) < 4.78 is 56.1. The van der Waals surface area contributed by atoms with E-state index in [1.807, 2.05) is 0 Å². The lowest BCUT2D eigenvalue weighted by Gasteiger charge is -2.45. The molecule has 198 valence electrons. The highest BCUT2D eigenvalue weighted by molar-refractivity contribution is 6.16. The summed E-state index contributed by atoms with van der Waals surface area (Å²) in [5.41, 5.74) is 0.455. The van der Waals surface area contributed by atoms with Gasteiger partial charge in [-0.25, -0.2) is 9.18 Å². The molecule has 2 aromatic rings. The highest BCUT2D eigenvalue weighted by Crippen LogP contribution is 2.39. The first kappa shape index (κ1) is 25.5. The zero-order valence-electron chi connectivity index (χ0n) is 20.4. The van der Waals surface area contributed by atoms with Gasteiger partial charge >= 0.3 is 12.4 Å². The van der Waals surface area contributed by atoms with Crippen molar-refractivity contribution in [2.45, 2.75) is 69.4 Å². The Morgan fingerprint density at radius 3 is 2.46 bits per heavy atom. The highest BCUT2D eigenvalue weighted by Gasteiger charge is 2.52. The Morgan fingerprint density at radius 1 is 1.03 bits per heavy atom. The molecule has 1 spiro atoms. The first-order chi connectivity index (χ1) is 17.7. The van der Waals surface area contributed by atoms with Gasteiger partial charge in [-0.1, -0.05) is 37.5 Å². The van der Waals surface area contributed by atoms with Crippen molar-refractivity contribution >= 4 is 17.6 Å². The maximum Gasteiger partial charge on any atom is 0.573 e. The molecule has 1 N–H and O–H groups in total. The van der Waals surface area contributed by atoms with Crippen LogP contribution in [-0.2, 0) is 6.54 Å². The molecule has 1 saturated heterocycles. The number of nitrogens with zero attached hydrogens (tertiary/aromatic N) is 3. The van der Waals surface area contributed by atoms with Crippen molar-refractivity contribution < 1.29 is 27.1 Å². The predicted octanol–water partition coefficient (Wildman–Crippen LogP) is 6.02. The Labute approximate surface area is 213 Å². The van der Waals surface area contributed by atoms with Crippen LogP contribution < -0.4 is 15.0 Å². The number of halogens is 4. The fourth-order valence-corrected chi connectivity index (χ4v) is 5.76. The molecule has 2 aliphatic heterocycles. The third-order valence-corrected chi connectivity index (χ3v) is 7.50. The van der Waals surface area contributed by atoms with Gasteiger partial charge in [-0.05, 0) is 61.6 Å². The number of hydrogen-bond donors (Lipinski definition) is 1. The number of aliphatic imine (C=N–C) groups is 1. The second kappa shape index (κ2) is 10.3. The van der Waals surface area contributed by atoms with Crippen molar-refractivity contribution in [1.29, 1.82) is 0 Å². The van der Waals surface area contributed by atoms with Crippen LogP contribution in [0.5, 0.6) is 5.75 Å². The number of carbonyl (C=O) groups excluding carboxylic acids is 1. The zero-order chi connectivity index (χ0) is 26.0. The number of ether oxygens (including phenoxy) is 1. The predicted molar refractivity (Wildman–Crippen MR) is 132 cm³/mol. The molecule has 2 aromatic carbocycles. The third kappa shape index (κ3) is 5.74. The van der Waals surface area contributed by atoms with Crippen LogP contribution in [0.25, 0.3) is 0 Å². The largest absolute Gasteiger partial charge is 0.573 e. The lowest BCUT2D eigenvalue weighted by atomic mass is 9.83. The third-order valence-electron chi connectivity index (χ3n) is 7.50. The molecule has 1 saturated carbocycles. The molecular formula is C27H30F4N4O2. The number of amidine groups is 1. The number of nitrogens with one attached hydrogen (secondary N) is 1. The molecule has 0 radical (unpaired) electrons. The molecule has 10 heteroatoms. The number of benzene rings is 2. The monoisotopic (exact) mass is 518 g/mol. The summed E-state index contributed by atoms with van der Waals surface area (Å²) in [6, 6.07) is 11.8. The van der Waals surface area contributed by atoms with Gasteiger partial charge in [-0.3, -0.25) is 9.80 Å². The molecule has 1 aliphatic carbocycles. The van der Waals surface area contributed by atoms with E-state index in [0.717, 1.165) is 25.7 Å². The van der Waals surface area contributed by atoms with E-state index < -0.39 is 23.7 Å². The van der Waals surface area contributed by atoms with Crippen molar-refractivity contribution in [2.75, 3.05) is 18.0 Å². The number of carbonyl (C=O) groups is 1. The van der Waals surface area contributed by atoms with E-state index in [1.54, 1.807) is 29.2 Å². The summed E-state index contributed by atoms with van der Waals surface area (Å²) in [4.78, 5) is 21.4. The zero-order valence-corrected chi connectivity index (χ0v) is 20.4. The molecule has 2 heterocycles. The van der Waals surface area contributed by atoms with Crippen LogP contribution in [0.2, 0.25) is 0 Å². The molecule has 2 amide bonds. The summed E-state index contributed by atoms with van der Waals surface area (Å²) in [5, 5.41) is 3.57. The summed E-state index contributed by atoms with van der Waals surface area (Å²) in [6.45, 7) is 1.63. The molecule has 0 atom stereocenters. The van der Waals surface area contributed by atoms with Crippen LogP contribution >= 0.6 is 0 Å². The summed E-state index contributed by atoms with van der Waals surface area (Å²) in [5.74, 6) is -0.0235. The number of amides is 2. The molecule has 2 fully saturated rings. The molecule has 0 unspecified atom stereocenters. The number of rotatable bonds is 5. The number of piperidine rings is 1. The fraction of sp³-hybridized carbons (Fsp3) is 0.481. The van der Waals surface area contributed by atoms with Crippen molar-refractivity contribution in [3.05, 3.63) is 59.9 Å². The Kier molecular flexibility index (Phi) is 7.11. The van der Waals surface area contributed by atoms with Gasteiger partial charge in [0.15, 0.2) is 0 Å². The van der Waals surface area contributed by atoms with Gasteiger partial charge in [-0.15, -0.1) is 13.2 Å². The van der Waals surface area contributed by atoms with Crippen LogP contribution in [0, 0.1) is 5.82 Å². The van der Waals surface area contributed by atoms with Crippen molar-refractivity contribution in [3.63, 3.8) is 0 Å². The molecular weight excluding hydrogens is 488 g/mol. The topological polar surface area (TPSA) is 57.2 Å². The number of alkyl halides is 3. The lowest BCUT2D eigenvalue weighted by Crippen LogP contribution is -2.62. The Morgan fingerprint density at radius 2 is 1.76 bits per heavy atom. The first-order valence-electron chi connectivity index (χ1n) is 12.7. The standard InChI is InChI=1S/C27H30F4N4O2/c28-20-7-5-10-22(17-20)35-25(36)33-24(32-21-8-2-1-3-9-21)26(35)12-14-34(15-13-26)18-19-6-4-11-23(16-19)37-27(29,30)31/h4-7,10-11,16-17,21H,1-3,8-9,12-15,18H2,(H,32,33,36).